The van der Waals surface area contributed by atoms with Crippen LogP contribution in [0.25, 0.3) is 6.08 Å². The average Bonchev–Trinajstić information content (AvgIpc) is 2.80. The van der Waals surface area contributed by atoms with Gasteiger partial charge in [-0.2, -0.15) is 0 Å². The lowest BCUT2D eigenvalue weighted by atomic mass is 10.2. The van der Waals surface area contributed by atoms with Crippen LogP contribution in [0.15, 0.2) is 35.3 Å². The minimum Gasteiger partial charge on any atom is -0.493 e. The second-order valence-corrected chi connectivity index (χ2v) is 7.07. The Hall–Kier alpha value is -2.32. The first kappa shape index (κ1) is 19.0. The van der Waals surface area contributed by atoms with Crippen LogP contribution in [0.4, 0.5) is 0 Å². The maximum absolute atomic E-state index is 12.5. The van der Waals surface area contributed by atoms with Crippen LogP contribution in [0.1, 0.15) is 12.5 Å². The van der Waals surface area contributed by atoms with Gasteiger partial charge >= 0.3 is 0 Å². The lowest BCUT2D eigenvalue weighted by Gasteiger charge is -2.13. The molecule has 1 fully saturated rings. The Morgan fingerprint density at radius 2 is 2.16 bits per heavy atom. The molecular formula is C17H18N2O4S2. The van der Waals surface area contributed by atoms with Crippen LogP contribution in [0, 0.1) is 0 Å². The molecule has 25 heavy (non-hydrogen) atoms. The highest BCUT2D eigenvalue weighted by atomic mass is 32.2. The molecule has 0 bridgehead atoms. The number of nitrogens with zero attached hydrogens (tertiary/aromatic N) is 1. The number of thiocarbonyl (C=S) groups is 1. The number of carbonyl (C=O) groups is 2. The molecule has 1 heterocycles. The van der Waals surface area contributed by atoms with E-state index < -0.39 is 5.91 Å². The van der Waals surface area contributed by atoms with Crippen molar-refractivity contribution < 1.29 is 19.1 Å². The number of amides is 2. The molecule has 1 aliphatic rings. The summed E-state index contributed by atoms with van der Waals surface area (Å²) in [6.45, 7) is 5.83. The third kappa shape index (κ3) is 4.83. The van der Waals surface area contributed by atoms with E-state index in [1.807, 2.05) is 6.92 Å². The van der Waals surface area contributed by atoms with Gasteiger partial charge in [-0.1, -0.05) is 42.2 Å². The summed E-state index contributed by atoms with van der Waals surface area (Å²) >= 11 is 6.50. The van der Waals surface area contributed by atoms with Crippen molar-refractivity contribution in [2.45, 2.75) is 6.92 Å². The number of hydrogen-bond acceptors (Lipinski definition) is 6. The molecule has 1 aliphatic heterocycles. The Bertz CT molecular complexity index is 774. The van der Waals surface area contributed by atoms with Crippen molar-refractivity contribution >= 4 is 46.2 Å². The summed E-state index contributed by atoms with van der Waals surface area (Å²) in [5.74, 6) is 0.110. The summed E-state index contributed by atoms with van der Waals surface area (Å²) in [6, 6.07) is 5.12. The molecule has 6 nitrogen and oxygen atoms in total. The molecule has 2 N–H and O–H groups in total. The Balaban J connectivity index is 2.23. The normalized spacial score (nSPS) is 15.6. The summed E-state index contributed by atoms with van der Waals surface area (Å²) in [5.41, 5.74) is 6.67. The van der Waals surface area contributed by atoms with Gasteiger partial charge in [-0.05, 0) is 30.7 Å². The second-order valence-electron chi connectivity index (χ2n) is 5.39. The van der Waals surface area contributed by atoms with E-state index in [0.717, 1.165) is 11.1 Å². The minimum absolute atomic E-state index is 0.147. The molecule has 0 aliphatic carbocycles. The first-order chi connectivity index (χ1) is 11.8. The molecular weight excluding hydrogens is 360 g/mol. The zero-order valence-electron chi connectivity index (χ0n) is 13.9. The lowest BCUT2D eigenvalue weighted by Crippen LogP contribution is -2.29. The smallest absolute Gasteiger partial charge is 0.266 e. The number of hydrogen-bond donors (Lipinski definition) is 1. The summed E-state index contributed by atoms with van der Waals surface area (Å²) in [6.07, 6.45) is 1.73. The van der Waals surface area contributed by atoms with E-state index in [1.165, 1.54) is 23.8 Å². The SMILES string of the molecule is C=C(C)CN1C(=O)/C(=C/c2ccc(OCC(N)=O)c(OC)c2)SC1=S. The average molecular weight is 378 g/mol. The van der Waals surface area contributed by atoms with E-state index in [0.29, 0.717) is 27.3 Å². The van der Waals surface area contributed by atoms with Gasteiger partial charge in [0.15, 0.2) is 18.1 Å². The number of benzene rings is 1. The number of primary amides is 1. The van der Waals surface area contributed by atoms with E-state index in [2.05, 4.69) is 6.58 Å². The number of carbonyl (C=O) groups excluding carboxylic acids is 2. The van der Waals surface area contributed by atoms with Gasteiger partial charge in [0.2, 0.25) is 0 Å². The molecule has 1 aromatic rings. The predicted molar refractivity (Wildman–Crippen MR) is 102 cm³/mol. The monoisotopic (exact) mass is 378 g/mol. The van der Waals surface area contributed by atoms with Crippen LogP contribution in [0.2, 0.25) is 0 Å². The van der Waals surface area contributed by atoms with E-state index >= 15 is 0 Å². The standard InChI is InChI=1S/C17H18N2O4S2/c1-10(2)8-19-16(21)14(25-17(19)24)7-11-4-5-12(13(6-11)22-3)23-9-15(18)20/h4-7H,1,8-9H2,2-3H3,(H2,18,20)/b14-7-. The van der Waals surface area contributed by atoms with Gasteiger partial charge in [-0.15, -0.1) is 0 Å². The van der Waals surface area contributed by atoms with Crippen LogP contribution in [0.3, 0.4) is 0 Å². The zero-order chi connectivity index (χ0) is 18.6. The van der Waals surface area contributed by atoms with Crippen molar-refractivity contribution in [3.8, 4) is 11.5 Å². The fourth-order valence-electron chi connectivity index (χ4n) is 2.10. The summed E-state index contributed by atoms with van der Waals surface area (Å²) in [4.78, 5) is 25.3. The summed E-state index contributed by atoms with van der Waals surface area (Å²) in [5, 5.41) is 0. The van der Waals surface area contributed by atoms with Crippen LogP contribution in [-0.4, -0.2) is 41.3 Å². The second kappa shape index (κ2) is 8.17. The van der Waals surface area contributed by atoms with Gasteiger partial charge in [0.25, 0.3) is 11.8 Å². The third-order valence-electron chi connectivity index (χ3n) is 3.16. The van der Waals surface area contributed by atoms with Gasteiger partial charge < -0.3 is 15.2 Å². The fraction of sp³-hybridized carbons (Fsp3) is 0.235. The lowest BCUT2D eigenvalue weighted by molar-refractivity contribution is -0.122. The van der Waals surface area contributed by atoms with Crippen LogP contribution in [0.5, 0.6) is 11.5 Å². The zero-order valence-corrected chi connectivity index (χ0v) is 15.5. The molecule has 0 radical (unpaired) electrons. The van der Waals surface area contributed by atoms with Crippen molar-refractivity contribution in [3.63, 3.8) is 0 Å². The number of methoxy groups -OCH3 is 1. The molecule has 132 valence electrons. The van der Waals surface area contributed by atoms with Crippen molar-refractivity contribution in [2.75, 3.05) is 20.3 Å². The summed E-state index contributed by atoms with van der Waals surface area (Å²) < 4.78 is 11.0. The van der Waals surface area contributed by atoms with Crippen molar-refractivity contribution in [3.05, 3.63) is 40.8 Å². The van der Waals surface area contributed by atoms with Crippen molar-refractivity contribution in [2.24, 2.45) is 5.73 Å². The minimum atomic E-state index is -0.577. The number of nitrogens with two attached hydrogens (primary N) is 1. The first-order valence-electron chi connectivity index (χ1n) is 7.30. The Morgan fingerprint density at radius 1 is 1.44 bits per heavy atom. The van der Waals surface area contributed by atoms with E-state index in [1.54, 1.807) is 24.3 Å². The fourth-order valence-corrected chi connectivity index (χ4v) is 3.35. The number of thioether (sulfide) groups is 1. The van der Waals surface area contributed by atoms with E-state index in [-0.39, 0.29) is 12.5 Å². The van der Waals surface area contributed by atoms with Gasteiger partial charge in [0.1, 0.15) is 4.32 Å². The largest absolute Gasteiger partial charge is 0.493 e. The molecule has 0 unspecified atom stereocenters. The molecule has 0 atom stereocenters. The molecule has 8 heteroatoms. The highest BCUT2D eigenvalue weighted by Crippen LogP contribution is 2.35. The first-order valence-corrected chi connectivity index (χ1v) is 8.53. The van der Waals surface area contributed by atoms with Gasteiger partial charge in [-0.3, -0.25) is 14.5 Å². The summed E-state index contributed by atoms with van der Waals surface area (Å²) in [7, 11) is 1.49. The molecule has 0 saturated carbocycles. The number of rotatable bonds is 7. The van der Waals surface area contributed by atoms with Crippen LogP contribution < -0.4 is 15.2 Å². The third-order valence-corrected chi connectivity index (χ3v) is 4.53. The predicted octanol–water partition coefficient (Wildman–Crippen LogP) is 2.34. The quantitative estimate of drug-likeness (QED) is 0.446. The van der Waals surface area contributed by atoms with Gasteiger partial charge in [0, 0.05) is 6.54 Å². The molecule has 0 aromatic heterocycles. The van der Waals surface area contributed by atoms with Crippen LogP contribution >= 0.6 is 24.0 Å². The molecule has 1 saturated heterocycles. The van der Waals surface area contributed by atoms with E-state index in [9.17, 15) is 9.59 Å². The van der Waals surface area contributed by atoms with Gasteiger partial charge in [0.05, 0.1) is 12.0 Å². The molecule has 2 amide bonds. The Morgan fingerprint density at radius 3 is 2.76 bits per heavy atom. The maximum atomic E-state index is 12.5. The Labute approximate surface area is 155 Å². The molecule has 0 spiro atoms. The van der Waals surface area contributed by atoms with Crippen LogP contribution in [-0.2, 0) is 9.59 Å². The Kier molecular flexibility index (Phi) is 6.22. The van der Waals surface area contributed by atoms with Crippen molar-refractivity contribution in [1.29, 1.82) is 0 Å². The topological polar surface area (TPSA) is 81.9 Å². The van der Waals surface area contributed by atoms with E-state index in [4.69, 9.17) is 27.4 Å². The van der Waals surface area contributed by atoms with Crippen molar-refractivity contribution in [1.82, 2.24) is 4.90 Å². The highest BCUT2D eigenvalue weighted by molar-refractivity contribution is 8.26. The number of ether oxygens (including phenoxy) is 2. The highest BCUT2D eigenvalue weighted by Gasteiger charge is 2.31. The maximum Gasteiger partial charge on any atom is 0.266 e. The molecule has 2 rings (SSSR count). The molecule has 1 aromatic carbocycles. The van der Waals surface area contributed by atoms with Gasteiger partial charge in [-0.25, -0.2) is 0 Å².